The molecule has 16 heavy (non-hydrogen) atoms. The lowest BCUT2D eigenvalue weighted by molar-refractivity contribution is 0.303. The van der Waals surface area contributed by atoms with Crippen LogP contribution in [0.25, 0.3) is 0 Å². The number of pyridine rings is 1. The maximum Gasteiger partial charge on any atom is 0.310 e. The highest BCUT2D eigenvalue weighted by Crippen LogP contribution is 1.98. The summed E-state index contributed by atoms with van der Waals surface area (Å²) in [5.74, 6) is 0.0958. The van der Waals surface area contributed by atoms with E-state index in [1.165, 1.54) is 12.4 Å². The first-order chi connectivity index (χ1) is 7.86. The van der Waals surface area contributed by atoms with Gasteiger partial charge in [-0.15, -0.1) is 0 Å². The van der Waals surface area contributed by atoms with Gasteiger partial charge in [-0.2, -0.15) is 0 Å². The van der Waals surface area contributed by atoms with E-state index in [1.54, 1.807) is 6.20 Å². The van der Waals surface area contributed by atoms with Crippen molar-refractivity contribution in [3.05, 3.63) is 52.8 Å². The normalized spacial score (nSPS) is 10.0. The van der Waals surface area contributed by atoms with E-state index in [1.807, 2.05) is 18.2 Å². The third-order valence-corrected chi connectivity index (χ3v) is 2.00. The Morgan fingerprint density at radius 2 is 2.19 bits per heavy atom. The standard InChI is InChI=1S/C11H11N3O2/c15-10-11(14-7-6-13-10)16-8-4-9-3-1-2-5-12-9/h1-3,5-7H,4,8H2,(H,13,15). The van der Waals surface area contributed by atoms with Crippen molar-refractivity contribution >= 4 is 0 Å². The Morgan fingerprint density at radius 3 is 2.94 bits per heavy atom. The smallest absolute Gasteiger partial charge is 0.310 e. The number of aromatic nitrogens is 3. The number of nitrogens with one attached hydrogen (secondary N) is 1. The van der Waals surface area contributed by atoms with E-state index in [0.717, 1.165) is 5.69 Å². The zero-order valence-corrected chi connectivity index (χ0v) is 8.59. The van der Waals surface area contributed by atoms with Crippen LogP contribution in [-0.4, -0.2) is 21.6 Å². The summed E-state index contributed by atoms with van der Waals surface area (Å²) in [6.45, 7) is 0.386. The van der Waals surface area contributed by atoms with E-state index in [4.69, 9.17) is 4.74 Å². The average molecular weight is 217 g/mol. The van der Waals surface area contributed by atoms with Crippen LogP contribution in [0.1, 0.15) is 5.69 Å². The van der Waals surface area contributed by atoms with Crippen molar-refractivity contribution < 1.29 is 4.74 Å². The van der Waals surface area contributed by atoms with Crippen LogP contribution in [0.5, 0.6) is 5.88 Å². The number of hydrogen-bond acceptors (Lipinski definition) is 4. The van der Waals surface area contributed by atoms with Crippen molar-refractivity contribution in [1.82, 2.24) is 15.0 Å². The van der Waals surface area contributed by atoms with Crippen LogP contribution in [-0.2, 0) is 6.42 Å². The quantitative estimate of drug-likeness (QED) is 0.822. The zero-order valence-electron chi connectivity index (χ0n) is 8.59. The lowest BCUT2D eigenvalue weighted by Gasteiger charge is -2.02. The highest BCUT2D eigenvalue weighted by Gasteiger charge is 2.00. The molecule has 0 atom stereocenters. The lowest BCUT2D eigenvalue weighted by atomic mass is 10.3. The van der Waals surface area contributed by atoms with Gasteiger partial charge in [0, 0.05) is 30.7 Å². The maximum atomic E-state index is 11.2. The van der Waals surface area contributed by atoms with E-state index in [0.29, 0.717) is 13.0 Å². The van der Waals surface area contributed by atoms with E-state index in [2.05, 4.69) is 15.0 Å². The highest BCUT2D eigenvalue weighted by atomic mass is 16.5. The molecule has 1 N–H and O–H groups in total. The van der Waals surface area contributed by atoms with Gasteiger partial charge >= 0.3 is 5.56 Å². The Balaban J connectivity index is 1.90. The van der Waals surface area contributed by atoms with Gasteiger partial charge in [-0.1, -0.05) is 6.07 Å². The molecule has 0 radical (unpaired) electrons. The number of aromatic amines is 1. The molecular formula is C11H11N3O2. The molecular weight excluding hydrogens is 206 g/mol. The van der Waals surface area contributed by atoms with Crippen molar-refractivity contribution in [2.24, 2.45) is 0 Å². The van der Waals surface area contributed by atoms with Crippen LogP contribution < -0.4 is 10.3 Å². The van der Waals surface area contributed by atoms with E-state index in [-0.39, 0.29) is 11.4 Å². The number of nitrogens with zero attached hydrogens (tertiary/aromatic N) is 2. The van der Waals surface area contributed by atoms with Gasteiger partial charge in [0.25, 0.3) is 5.88 Å². The molecule has 0 aromatic carbocycles. The van der Waals surface area contributed by atoms with Crippen LogP contribution in [0.4, 0.5) is 0 Å². The fourth-order valence-electron chi connectivity index (χ4n) is 1.24. The Hall–Kier alpha value is -2.17. The van der Waals surface area contributed by atoms with Crippen LogP contribution in [0, 0.1) is 0 Å². The molecule has 0 aliphatic carbocycles. The minimum absolute atomic E-state index is 0.0958. The van der Waals surface area contributed by atoms with Gasteiger partial charge < -0.3 is 9.72 Å². The van der Waals surface area contributed by atoms with Crippen LogP contribution in [0.2, 0.25) is 0 Å². The first-order valence-corrected chi connectivity index (χ1v) is 4.92. The van der Waals surface area contributed by atoms with E-state index < -0.39 is 0 Å². The Bertz CT molecular complexity index is 496. The molecule has 82 valence electrons. The predicted octanol–water partition coefficient (Wildman–Crippen LogP) is 0.786. The third-order valence-electron chi connectivity index (χ3n) is 2.00. The molecule has 0 saturated heterocycles. The van der Waals surface area contributed by atoms with Crippen molar-refractivity contribution in [3.63, 3.8) is 0 Å². The second-order valence-corrected chi connectivity index (χ2v) is 3.14. The summed E-state index contributed by atoms with van der Waals surface area (Å²) in [5, 5.41) is 0. The summed E-state index contributed by atoms with van der Waals surface area (Å²) < 4.78 is 5.25. The summed E-state index contributed by atoms with van der Waals surface area (Å²) in [4.78, 5) is 21.7. The molecule has 0 unspecified atom stereocenters. The second kappa shape index (κ2) is 5.06. The number of H-pyrrole nitrogens is 1. The van der Waals surface area contributed by atoms with Gasteiger partial charge in [0.2, 0.25) is 0 Å². The summed E-state index contributed by atoms with van der Waals surface area (Å²) in [5.41, 5.74) is 0.610. The topological polar surface area (TPSA) is 67.9 Å². The molecule has 0 saturated carbocycles. The van der Waals surface area contributed by atoms with Gasteiger partial charge in [-0.05, 0) is 12.1 Å². The molecule has 0 amide bonds. The largest absolute Gasteiger partial charge is 0.473 e. The minimum atomic E-state index is -0.316. The van der Waals surface area contributed by atoms with Crippen molar-refractivity contribution in [3.8, 4) is 5.88 Å². The minimum Gasteiger partial charge on any atom is -0.473 e. The number of hydrogen-bond donors (Lipinski definition) is 1. The average Bonchev–Trinajstić information content (AvgIpc) is 2.33. The first-order valence-electron chi connectivity index (χ1n) is 4.92. The molecule has 2 heterocycles. The molecule has 5 heteroatoms. The van der Waals surface area contributed by atoms with Gasteiger partial charge in [-0.25, -0.2) is 4.98 Å². The summed E-state index contributed by atoms with van der Waals surface area (Å²) in [6.07, 6.45) is 5.32. The zero-order chi connectivity index (χ0) is 11.2. The van der Waals surface area contributed by atoms with E-state index in [9.17, 15) is 4.79 Å². The van der Waals surface area contributed by atoms with E-state index >= 15 is 0 Å². The lowest BCUT2D eigenvalue weighted by Crippen LogP contribution is -2.14. The Labute approximate surface area is 92.2 Å². The maximum absolute atomic E-state index is 11.2. The van der Waals surface area contributed by atoms with Gasteiger partial charge in [0.15, 0.2) is 0 Å². The predicted molar refractivity (Wildman–Crippen MR) is 58.3 cm³/mol. The third kappa shape index (κ3) is 2.66. The van der Waals surface area contributed by atoms with Crippen molar-refractivity contribution in [2.75, 3.05) is 6.61 Å². The number of ether oxygens (including phenoxy) is 1. The van der Waals surface area contributed by atoms with Crippen LogP contribution in [0.15, 0.2) is 41.6 Å². The van der Waals surface area contributed by atoms with Gasteiger partial charge in [-0.3, -0.25) is 9.78 Å². The molecule has 0 fully saturated rings. The Morgan fingerprint density at radius 1 is 1.25 bits per heavy atom. The molecule has 0 bridgehead atoms. The molecule has 5 nitrogen and oxygen atoms in total. The van der Waals surface area contributed by atoms with Crippen molar-refractivity contribution in [1.29, 1.82) is 0 Å². The first kappa shape index (κ1) is 10.4. The molecule has 0 aliphatic rings. The molecule has 2 rings (SSSR count). The molecule has 0 aliphatic heterocycles. The van der Waals surface area contributed by atoms with Gasteiger partial charge in [0.1, 0.15) is 0 Å². The van der Waals surface area contributed by atoms with Crippen LogP contribution >= 0.6 is 0 Å². The highest BCUT2D eigenvalue weighted by molar-refractivity contribution is 5.05. The number of rotatable bonds is 4. The fraction of sp³-hybridized carbons (Fsp3) is 0.182. The molecule has 2 aromatic rings. The fourth-order valence-corrected chi connectivity index (χ4v) is 1.24. The van der Waals surface area contributed by atoms with Gasteiger partial charge in [0.05, 0.1) is 6.61 Å². The SMILES string of the molecule is O=c1[nH]ccnc1OCCc1ccccn1. The second-order valence-electron chi connectivity index (χ2n) is 3.14. The van der Waals surface area contributed by atoms with Crippen molar-refractivity contribution in [2.45, 2.75) is 6.42 Å². The summed E-state index contributed by atoms with van der Waals surface area (Å²) >= 11 is 0. The Kier molecular flexibility index (Phi) is 3.28. The summed E-state index contributed by atoms with van der Waals surface area (Å²) in [6, 6.07) is 5.68. The molecule has 0 spiro atoms. The van der Waals surface area contributed by atoms with Crippen LogP contribution in [0.3, 0.4) is 0 Å². The summed E-state index contributed by atoms with van der Waals surface area (Å²) in [7, 11) is 0. The monoisotopic (exact) mass is 217 g/mol. The molecule has 2 aromatic heterocycles.